The maximum atomic E-state index is 7.66. The molecule has 0 spiro atoms. The van der Waals surface area contributed by atoms with Crippen LogP contribution in [0.3, 0.4) is 0 Å². The lowest BCUT2D eigenvalue weighted by atomic mass is 10.1. The lowest BCUT2D eigenvalue weighted by molar-refractivity contribution is 0.207. The Morgan fingerprint density at radius 2 is 1.81 bits per heavy atom. The average molecular weight is 422 g/mol. The molecule has 0 aliphatic rings. The number of anilines is 2. The molecule has 1 aromatic carbocycles. The van der Waals surface area contributed by atoms with Crippen molar-refractivity contribution in [2.75, 3.05) is 46.4 Å². The Kier molecular flexibility index (Phi) is 7.40. The number of aromatic nitrogens is 2. The number of allylic oxidation sites excluding steroid dienone is 1. The van der Waals surface area contributed by atoms with Gasteiger partial charge in [0.15, 0.2) is 0 Å². The molecule has 2 N–H and O–H groups in total. The first-order valence-electron chi connectivity index (χ1n) is 9.78. The Morgan fingerprint density at radius 3 is 2.42 bits per heavy atom. The minimum Gasteiger partial charge on any atom is -0.497 e. The lowest BCUT2D eigenvalue weighted by Gasteiger charge is -2.25. The van der Waals surface area contributed by atoms with Gasteiger partial charge in [-0.2, -0.15) is 0 Å². The highest BCUT2D eigenvalue weighted by atomic mass is 16.5. The van der Waals surface area contributed by atoms with Gasteiger partial charge in [-0.25, -0.2) is 4.98 Å². The van der Waals surface area contributed by atoms with Gasteiger partial charge in [0, 0.05) is 74.3 Å². The highest BCUT2D eigenvalue weighted by Gasteiger charge is 2.15. The Bertz CT molecular complexity index is 1060. The van der Waals surface area contributed by atoms with Crippen molar-refractivity contribution in [1.29, 1.82) is 5.41 Å². The van der Waals surface area contributed by atoms with Crippen molar-refractivity contribution >= 4 is 34.3 Å². The summed E-state index contributed by atoms with van der Waals surface area (Å²) >= 11 is 0. The molecule has 0 aliphatic carbocycles. The molecule has 0 atom stereocenters. The molecule has 2 heterocycles. The summed E-state index contributed by atoms with van der Waals surface area (Å²) in [5.41, 5.74) is 3.91. The normalized spacial score (nSPS) is 11.3. The molecule has 2 aromatic heterocycles. The van der Waals surface area contributed by atoms with E-state index in [2.05, 4.69) is 10.3 Å². The van der Waals surface area contributed by atoms with Crippen LogP contribution >= 0.6 is 0 Å². The zero-order valence-electron chi connectivity index (χ0n) is 18.2. The molecule has 0 bridgehead atoms. The van der Waals surface area contributed by atoms with E-state index >= 15 is 0 Å². The van der Waals surface area contributed by atoms with Crippen LogP contribution in [0.25, 0.3) is 16.6 Å². The zero-order valence-corrected chi connectivity index (χ0v) is 18.2. The van der Waals surface area contributed by atoms with Crippen molar-refractivity contribution in [2.24, 2.45) is 0 Å². The van der Waals surface area contributed by atoms with Crippen LogP contribution in [0.4, 0.5) is 11.5 Å². The Balaban J connectivity index is 2.09. The Hall–Kier alpha value is -3.65. The van der Waals surface area contributed by atoms with Gasteiger partial charge >= 0.3 is 0 Å². The second-order valence-corrected chi connectivity index (χ2v) is 6.68. The SMILES string of the molecule is CN/C=C(\C=N)c1cnc2ccc(N(CCOC)c3cc(OC)cc(OC)c3)nc2c1. The molecule has 0 unspecified atom stereocenters. The molecule has 0 amide bonds. The summed E-state index contributed by atoms with van der Waals surface area (Å²) < 4.78 is 16.2. The third-order valence-corrected chi connectivity index (χ3v) is 4.75. The van der Waals surface area contributed by atoms with Crippen LogP contribution in [0.1, 0.15) is 5.56 Å². The molecule has 162 valence electrons. The molecular formula is C23H27N5O3. The summed E-state index contributed by atoms with van der Waals surface area (Å²) in [5, 5.41) is 10.6. The summed E-state index contributed by atoms with van der Waals surface area (Å²) in [5.74, 6) is 2.12. The fourth-order valence-corrected chi connectivity index (χ4v) is 3.17. The number of hydrogen-bond donors (Lipinski definition) is 2. The lowest BCUT2D eigenvalue weighted by Crippen LogP contribution is -2.23. The van der Waals surface area contributed by atoms with Crippen LogP contribution in [0.2, 0.25) is 0 Å². The second-order valence-electron chi connectivity index (χ2n) is 6.68. The van der Waals surface area contributed by atoms with E-state index in [-0.39, 0.29) is 0 Å². The predicted molar refractivity (Wildman–Crippen MR) is 124 cm³/mol. The first-order valence-corrected chi connectivity index (χ1v) is 9.78. The number of methoxy groups -OCH3 is 3. The van der Waals surface area contributed by atoms with E-state index in [0.29, 0.717) is 24.7 Å². The van der Waals surface area contributed by atoms with E-state index in [1.54, 1.807) is 40.8 Å². The monoisotopic (exact) mass is 421 g/mol. The highest BCUT2D eigenvalue weighted by molar-refractivity contribution is 6.08. The maximum absolute atomic E-state index is 7.66. The Morgan fingerprint density at radius 1 is 1.06 bits per heavy atom. The summed E-state index contributed by atoms with van der Waals surface area (Å²) in [7, 11) is 6.71. The number of nitrogens with one attached hydrogen (secondary N) is 2. The number of rotatable bonds is 10. The average Bonchev–Trinajstić information content (AvgIpc) is 2.82. The fourth-order valence-electron chi connectivity index (χ4n) is 3.17. The summed E-state index contributed by atoms with van der Waals surface area (Å²) in [4.78, 5) is 11.4. The van der Waals surface area contributed by atoms with Crippen LogP contribution in [0, 0.1) is 5.41 Å². The van der Waals surface area contributed by atoms with Crippen LogP contribution in [0.15, 0.2) is 48.8 Å². The number of ether oxygens (including phenoxy) is 3. The molecule has 8 nitrogen and oxygen atoms in total. The molecule has 0 radical (unpaired) electrons. The number of pyridine rings is 2. The van der Waals surface area contributed by atoms with Gasteiger partial charge in [-0.3, -0.25) is 4.98 Å². The molecule has 8 heteroatoms. The van der Waals surface area contributed by atoms with Gasteiger partial charge in [0.2, 0.25) is 0 Å². The van der Waals surface area contributed by atoms with Gasteiger partial charge < -0.3 is 29.8 Å². The molecule has 3 aromatic rings. The van der Waals surface area contributed by atoms with Crippen molar-refractivity contribution in [2.45, 2.75) is 0 Å². The quantitative estimate of drug-likeness (QED) is 0.483. The van der Waals surface area contributed by atoms with Gasteiger partial charge in [-0.1, -0.05) is 0 Å². The van der Waals surface area contributed by atoms with E-state index in [1.165, 1.54) is 6.21 Å². The molecule has 31 heavy (non-hydrogen) atoms. The van der Waals surface area contributed by atoms with Gasteiger partial charge in [0.05, 0.1) is 31.9 Å². The Labute approximate surface area is 182 Å². The number of fused-ring (bicyclic) bond motifs is 1. The summed E-state index contributed by atoms with van der Waals surface area (Å²) in [6, 6.07) is 11.5. The van der Waals surface area contributed by atoms with Crippen LogP contribution in [0.5, 0.6) is 11.5 Å². The number of benzene rings is 1. The van der Waals surface area contributed by atoms with Crippen molar-refractivity contribution in [1.82, 2.24) is 15.3 Å². The zero-order chi connectivity index (χ0) is 22.2. The van der Waals surface area contributed by atoms with Crippen LogP contribution in [-0.4, -0.2) is 57.7 Å². The van der Waals surface area contributed by atoms with Gasteiger partial charge in [0.1, 0.15) is 17.3 Å². The van der Waals surface area contributed by atoms with Gasteiger partial charge in [-0.15, -0.1) is 0 Å². The first-order chi connectivity index (χ1) is 15.1. The molecule has 0 fully saturated rings. The van der Waals surface area contributed by atoms with Crippen molar-refractivity contribution in [3.8, 4) is 11.5 Å². The topological polar surface area (TPSA) is 92.6 Å². The van der Waals surface area contributed by atoms with Gasteiger partial charge in [-0.05, 0) is 18.2 Å². The second kappa shape index (κ2) is 10.4. The minimum atomic E-state index is 0.514. The third-order valence-electron chi connectivity index (χ3n) is 4.75. The van der Waals surface area contributed by atoms with Crippen molar-refractivity contribution < 1.29 is 14.2 Å². The predicted octanol–water partition coefficient (Wildman–Crippen LogP) is 3.64. The molecule has 0 aliphatic heterocycles. The smallest absolute Gasteiger partial charge is 0.133 e. The van der Waals surface area contributed by atoms with Gasteiger partial charge in [0.25, 0.3) is 0 Å². The van der Waals surface area contributed by atoms with Crippen LogP contribution < -0.4 is 19.7 Å². The van der Waals surface area contributed by atoms with E-state index in [0.717, 1.165) is 33.7 Å². The van der Waals surface area contributed by atoms with Crippen molar-refractivity contribution in [3.63, 3.8) is 0 Å². The fraction of sp³-hybridized carbons (Fsp3) is 0.261. The minimum absolute atomic E-state index is 0.514. The maximum Gasteiger partial charge on any atom is 0.133 e. The molecule has 0 saturated heterocycles. The standard InChI is InChI=1S/C23H27N5O3/c1-25-14-17(13-24)16-9-22-21(26-15-16)5-6-23(27-22)28(7-8-29-2)18-10-19(30-3)12-20(11-18)31-4/h5-6,9-15,24-25H,7-8H2,1-4H3/b17-14+,24-13?. The highest BCUT2D eigenvalue weighted by Crippen LogP contribution is 2.32. The third kappa shape index (κ3) is 5.10. The van der Waals surface area contributed by atoms with Crippen molar-refractivity contribution in [3.05, 3.63) is 54.4 Å². The largest absolute Gasteiger partial charge is 0.497 e. The summed E-state index contributed by atoms with van der Waals surface area (Å²) in [6.45, 7) is 1.10. The molecule has 0 saturated carbocycles. The van der Waals surface area contributed by atoms with Crippen LogP contribution in [-0.2, 0) is 4.74 Å². The first kappa shape index (κ1) is 22.0. The molecular weight excluding hydrogens is 394 g/mol. The summed E-state index contributed by atoms with van der Waals surface area (Å²) in [6.07, 6.45) is 4.79. The number of hydrogen-bond acceptors (Lipinski definition) is 8. The van der Waals surface area contributed by atoms with E-state index in [1.807, 2.05) is 41.3 Å². The van der Waals surface area contributed by atoms with E-state index in [4.69, 9.17) is 24.6 Å². The molecule has 3 rings (SSSR count). The van der Waals surface area contributed by atoms with E-state index in [9.17, 15) is 0 Å². The number of nitrogens with zero attached hydrogens (tertiary/aromatic N) is 3. The van der Waals surface area contributed by atoms with E-state index < -0.39 is 0 Å².